The molecular formula is C18H27ClN4O3S. The molecule has 27 heavy (non-hydrogen) atoms. The van der Waals surface area contributed by atoms with Crippen molar-refractivity contribution in [1.29, 1.82) is 0 Å². The van der Waals surface area contributed by atoms with Gasteiger partial charge in [0.2, 0.25) is 11.8 Å². The molecule has 0 saturated carbocycles. The van der Waals surface area contributed by atoms with Gasteiger partial charge in [-0.3, -0.25) is 14.4 Å². The number of piperidine rings is 1. The minimum absolute atomic E-state index is 0. The summed E-state index contributed by atoms with van der Waals surface area (Å²) in [6, 6.07) is 3.24. The molecule has 2 atom stereocenters. The molecule has 0 radical (unpaired) electrons. The monoisotopic (exact) mass is 414 g/mol. The maximum absolute atomic E-state index is 13.1. The van der Waals surface area contributed by atoms with Gasteiger partial charge in [-0.2, -0.15) is 0 Å². The van der Waals surface area contributed by atoms with E-state index in [9.17, 15) is 14.4 Å². The van der Waals surface area contributed by atoms with Crippen molar-refractivity contribution in [3.8, 4) is 0 Å². The highest BCUT2D eigenvalue weighted by atomic mass is 35.5. The van der Waals surface area contributed by atoms with Crippen LogP contribution in [-0.2, 0) is 9.59 Å². The Morgan fingerprint density at radius 3 is 2.70 bits per heavy atom. The molecule has 9 heteroatoms. The number of carbonyl (C=O) groups is 3. The molecule has 7 nitrogen and oxygen atoms in total. The zero-order chi connectivity index (χ0) is 18.5. The van der Waals surface area contributed by atoms with E-state index in [1.807, 2.05) is 11.4 Å². The van der Waals surface area contributed by atoms with Crippen LogP contribution in [0.2, 0.25) is 0 Å². The maximum atomic E-state index is 13.1. The molecule has 150 valence electrons. The van der Waals surface area contributed by atoms with Gasteiger partial charge >= 0.3 is 0 Å². The molecule has 0 aromatic carbocycles. The van der Waals surface area contributed by atoms with Crippen molar-refractivity contribution in [3.63, 3.8) is 0 Å². The number of hydrogen-bond donors (Lipinski definition) is 2. The lowest BCUT2D eigenvalue weighted by atomic mass is 9.96. The van der Waals surface area contributed by atoms with Gasteiger partial charge in [0, 0.05) is 32.7 Å². The number of hydrogen-bond acceptors (Lipinski definition) is 5. The summed E-state index contributed by atoms with van der Waals surface area (Å²) in [6.45, 7) is 2.54. The number of nitrogens with zero attached hydrogens (tertiary/aromatic N) is 2. The largest absolute Gasteiger partial charge is 0.355 e. The lowest BCUT2D eigenvalue weighted by Gasteiger charge is -2.35. The van der Waals surface area contributed by atoms with Gasteiger partial charge in [-0.1, -0.05) is 6.07 Å². The second kappa shape index (κ2) is 10.1. The fraction of sp³-hybridized carbons (Fsp3) is 0.611. The highest BCUT2D eigenvalue weighted by Gasteiger charge is 2.39. The Kier molecular flexibility index (Phi) is 8.07. The van der Waals surface area contributed by atoms with Crippen LogP contribution in [0.1, 0.15) is 35.4 Å². The molecule has 3 N–H and O–H groups in total. The zero-order valence-corrected chi connectivity index (χ0v) is 16.9. The third-order valence-electron chi connectivity index (χ3n) is 5.08. The first-order valence-corrected chi connectivity index (χ1v) is 10.1. The molecule has 3 rings (SSSR count). The predicted molar refractivity (Wildman–Crippen MR) is 107 cm³/mol. The van der Waals surface area contributed by atoms with Crippen LogP contribution in [-0.4, -0.2) is 66.3 Å². The smallest absolute Gasteiger partial charge is 0.264 e. The second-order valence-electron chi connectivity index (χ2n) is 6.84. The molecule has 3 amide bonds. The van der Waals surface area contributed by atoms with Crippen LogP contribution >= 0.6 is 23.7 Å². The number of carbonyl (C=O) groups excluding carboxylic acids is 3. The fourth-order valence-electron chi connectivity index (χ4n) is 3.75. The normalized spacial score (nSPS) is 22.3. The highest BCUT2D eigenvalue weighted by Crippen LogP contribution is 2.26. The summed E-state index contributed by atoms with van der Waals surface area (Å²) in [5.41, 5.74) is 5.43. The van der Waals surface area contributed by atoms with Crippen LogP contribution in [0.5, 0.6) is 0 Å². The summed E-state index contributed by atoms with van der Waals surface area (Å²) in [5.74, 6) is -0.318. The van der Waals surface area contributed by atoms with E-state index < -0.39 is 6.04 Å². The van der Waals surface area contributed by atoms with Gasteiger partial charge in [0.1, 0.15) is 6.04 Å². The van der Waals surface area contributed by atoms with Crippen molar-refractivity contribution in [2.75, 3.05) is 32.7 Å². The van der Waals surface area contributed by atoms with Crippen molar-refractivity contribution in [2.24, 2.45) is 11.7 Å². The van der Waals surface area contributed by atoms with Crippen molar-refractivity contribution in [1.82, 2.24) is 15.1 Å². The Bertz CT molecular complexity index is 655. The number of halogens is 1. The van der Waals surface area contributed by atoms with Gasteiger partial charge in [-0.05, 0) is 37.1 Å². The lowest BCUT2D eigenvalue weighted by molar-refractivity contribution is -0.139. The molecule has 1 aromatic heterocycles. The van der Waals surface area contributed by atoms with E-state index in [1.54, 1.807) is 15.9 Å². The quantitative estimate of drug-likeness (QED) is 0.753. The van der Waals surface area contributed by atoms with Gasteiger partial charge in [0.15, 0.2) is 0 Å². The van der Waals surface area contributed by atoms with Crippen LogP contribution < -0.4 is 11.1 Å². The topological polar surface area (TPSA) is 95.7 Å². The fourth-order valence-corrected chi connectivity index (χ4v) is 4.43. The van der Waals surface area contributed by atoms with E-state index in [1.165, 1.54) is 11.3 Å². The molecule has 0 spiro atoms. The first-order valence-electron chi connectivity index (χ1n) is 9.23. The summed E-state index contributed by atoms with van der Waals surface area (Å²) in [7, 11) is 0. The minimum atomic E-state index is -0.407. The summed E-state index contributed by atoms with van der Waals surface area (Å²) < 4.78 is 0. The van der Waals surface area contributed by atoms with Crippen molar-refractivity contribution in [3.05, 3.63) is 22.4 Å². The van der Waals surface area contributed by atoms with Crippen LogP contribution in [0.25, 0.3) is 0 Å². The van der Waals surface area contributed by atoms with E-state index in [-0.39, 0.29) is 36.0 Å². The standard InChI is InChI=1S/C18H26N4O3S.ClH/c19-7-8-20-16(23)13-4-1-9-21(12-13)17(24)14-5-2-10-22(14)18(25)15-6-3-11-26-15;/h3,6,11,13-14H,1-2,4-5,7-10,12,19H2,(H,20,23);1H. The Hall–Kier alpha value is -1.64. The van der Waals surface area contributed by atoms with Crippen LogP contribution in [0.4, 0.5) is 0 Å². The first-order chi connectivity index (χ1) is 12.6. The van der Waals surface area contributed by atoms with Crippen molar-refractivity contribution >= 4 is 41.5 Å². The van der Waals surface area contributed by atoms with Gasteiger partial charge in [0.05, 0.1) is 10.8 Å². The number of amides is 3. The van der Waals surface area contributed by atoms with E-state index in [0.29, 0.717) is 44.0 Å². The van der Waals surface area contributed by atoms with Crippen LogP contribution in [0.3, 0.4) is 0 Å². The second-order valence-corrected chi connectivity index (χ2v) is 7.78. The number of nitrogens with two attached hydrogens (primary N) is 1. The molecule has 1 aromatic rings. The summed E-state index contributed by atoms with van der Waals surface area (Å²) in [5, 5.41) is 4.68. The van der Waals surface area contributed by atoms with E-state index in [0.717, 1.165) is 19.3 Å². The Balaban J connectivity index is 0.00000261. The Morgan fingerprint density at radius 1 is 1.22 bits per heavy atom. The molecule has 0 aliphatic carbocycles. The predicted octanol–water partition coefficient (Wildman–Crippen LogP) is 1.09. The van der Waals surface area contributed by atoms with Crippen LogP contribution in [0, 0.1) is 5.92 Å². The van der Waals surface area contributed by atoms with Gasteiger partial charge in [-0.15, -0.1) is 23.7 Å². The summed E-state index contributed by atoms with van der Waals surface area (Å²) in [6.07, 6.45) is 3.11. The third-order valence-corrected chi connectivity index (χ3v) is 5.94. The van der Waals surface area contributed by atoms with E-state index >= 15 is 0 Å². The van der Waals surface area contributed by atoms with Gasteiger partial charge in [-0.25, -0.2) is 0 Å². The number of nitrogens with one attached hydrogen (secondary N) is 1. The molecule has 2 saturated heterocycles. The molecule has 2 unspecified atom stereocenters. The van der Waals surface area contributed by atoms with Crippen molar-refractivity contribution in [2.45, 2.75) is 31.7 Å². The summed E-state index contributed by atoms with van der Waals surface area (Å²) in [4.78, 5) is 42.1. The van der Waals surface area contributed by atoms with Gasteiger partial charge < -0.3 is 20.9 Å². The highest BCUT2D eigenvalue weighted by molar-refractivity contribution is 7.12. The number of likely N-dealkylation sites (tertiary alicyclic amines) is 2. The molecule has 0 bridgehead atoms. The maximum Gasteiger partial charge on any atom is 0.264 e. The Labute approximate surface area is 169 Å². The lowest BCUT2D eigenvalue weighted by Crippen LogP contribution is -2.52. The zero-order valence-electron chi connectivity index (χ0n) is 15.3. The van der Waals surface area contributed by atoms with Gasteiger partial charge in [0.25, 0.3) is 5.91 Å². The SMILES string of the molecule is Cl.NCCNC(=O)C1CCCN(C(=O)C2CCCN2C(=O)c2cccs2)C1. The number of rotatable bonds is 5. The third kappa shape index (κ3) is 5.00. The average molecular weight is 415 g/mol. The molecular weight excluding hydrogens is 388 g/mol. The molecule has 2 aliphatic rings. The molecule has 2 fully saturated rings. The summed E-state index contributed by atoms with van der Waals surface area (Å²) >= 11 is 1.40. The Morgan fingerprint density at radius 2 is 2.00 bits per heavy atom. The van der Waals surface area contributed by atoms with Crippen LogP contribution in [0.15, 0.2) is 17.5 Å². The molecule has 3 heterocycles. The molecule has 2 aliphatic heterocycles. The van der Waals surface area contributed by atoms with Crippen molar-refractivity contribution < 1.29 is 14.4 Å². The van der Waals surface area contributed by atoms with E-state index in [2.05, 4.69) is 5.32 Å². The number of thiophene rings is 1. The minimum Gasteiger partial charge on any atom is -0.355 e. The van der Waals surface area contributed by atoms with E-state index in [4.69, 9.17) is 5.73 Å². The average Bonchev–Trinajstić information content (AvgIpc) is 3.37. The first kappa shape index (κ1) is 21.7.